The van der Waals surface area contributed by atoms with E-state index in [0.29, 0.717) is 6.61 Å². The Bertz CT molecular complexity index is 558. The topological polar surface area (TPSA) is 42.4 Å². The summed E-state index contributed by atoms with van der Waals surface area (Å²) in [5, 5.41) is 12.8. The second-order valence-electron chi connectivity index (χ2n) is 5.25. The number of aryl methyl sites for hydroxylation is 1. The largest absolute Gasteiger partial charge is 0.493 e. The number of hydrogen-bond donors (Lipinski definition) is 1. The van der Waals surface area contributed by atoms with E-state index >= 15 is 0 Å². The van der Waals surface area contributed by atoms with Gasteiger partial charge in [-0.3, -0.25) is 0 Å². The van der Waals surface area contributed by atoms with Gasteiger partial charge in [-0.2, -0.15) is 0 Å². The van der Waals surface area contributed by atoms with E-state index in [2.05, 4.69) is 18.0 Å². The third kappa shape index (κ3) is 3.81. The first-order chi connectivity index (χ1) is 9.50. The van der Waals surface area contributed by atoms with Gasteiger partial charge in [0.05, 0.1) is 17.3 Å². The summed E-state index contributed by atoms with van der Waals surface area (Å²) in [5.41, 5.74) is 1.08. The van der Waals surface area contributed by atoms with E-state index < -0.39 is 5.60 Å². The molecule has 0 spiro atoms. The van der Waals surface area contributed by atoms with Crippen LogP contribution >= 0.6 is 11.3 Å². The monoisotopic (exact) mass is 291 g/mol. The number of benzene rings is 1. The molecule has 0 fully saturated rings. The molecule has 0 radical (unpaired) electrons. The first kappa shape index (κ1) is 15.0. The molecule has 0 unspecified atom stereocenters. The van der Waals surface area contributed by atoms with Gasteiger partial charge in [0.25, 0.3) is 0 Å². The third-order valence-electron chi connectivity index (χ3n) is 3.11. The van der Waals surface area contributed by atoms with Gasteiger partial charge in [-0.15, -0.1) is 11.3 Å². The van der Waals surface area contributed by atoms with Gasteiger partial charge in [-0.05, 0) is 31.9 Å². The highest BCUT2D eigenvalue weighted by molar-refractivity contribution is 7.09. The van der Waals surface area contributed by atoms with E-state index in [1.165, 1.54) is 5.56 Å². The van der Waals surface area contributed by atoms with E-state index in [1.807, 2.05) is 23.6 Å². The normalized spacial score (nSPS) is 11.6. The molecule has 4 heteroatoms. The zero-order chi connectivity index (χ0) is 14.6. The molecule has 3 nitrogen and oxygen atoms in total. The lowest BCUT2D eigenvalue weighted by molar-refractivity contribution is 0.0743. The minimum atomic E-state index is -0.871. The summed E-state index contributed by atoms with van der Waals surface area (Å²) in [6.45, 7) is 6.23. The Morgan fingerprint density at radius 2 is 2.05 bits per heavy atom. The number of rotatable bonds is 6. The maximum atomic E-state index is 9.89. The van der Waals surface area contributed by atoms with Crippen LogP contribution in [0.2, 0.25) is 0 Å². The van der Waals surface area contributed by atoms with Gasteiger partial charge < -0.3 is 9.84 Å². The number of aliphatic hydroxyl groups is 1. The molecule has 0 aliphatic rings. The van der Waals surface area contributed by atoms with E-state index in [9.17, 15) is 5.11 Å². The quantitative estimate of drug-likeness (QED) is 0.885. The van der Waals surface area contributed by atoms with Crippen molar-refractivity contribution in [3.8, 4) is 5.75 Å². The SMILES string of the molecule is CCc1ccccc1OCCc1nc(C(C)(C)O)cs1. The van der Waals surface area contributed by atoms with Crippen LogP contribution < -0.4 is 4.74 Å². The molecule has 1 heterocycles. The molecule has 1 aromatic heterocycles. The van der Waals surface area contributed by atoms with Crippen LogP contribution in [0.4, 0.5) is 0 Å². The molecule has 0 amide bonds. The molecule has 0 aliphatic carbocycles. The van der Waals surface area contributed by atoms with Gasteiger partial charge >= 0.3 is 0 Å². The Morgan fingerprint density at radius 3 is 2.70 bits per heavy atom. The molecule has 0 bridgehead atoms. The number of para-hydroxylation sites is 1. The lowest BCUT2D eigenvalue weighted by Crippen LogP contribution is -2.16. The highest BCUT2D eigenvalue weighted by Gasteiger charge is 2.19. The molecule has 2 aromatic rings. The molecule has 2 rings (SSSR count). The molecule has 108 valence electrons. The Morgan fingerprint density at radius 1 is 1.30 bits per heavy atom. The van der Waals surface area contributed by atoms with Gasteiger partial charge in [0.15, 0.2) is 0 Å². The van der Waals surface area contributed by atoms with Gasteiger partial charge in [0.2, 0.25) is 0 Å². The summed E-state index contributed by atoms with van der Waals surface area (Å²) in [6.07, 6.45) is 1.73. The fourth-order valence-corrected chi connectivity index (χ4v) is 2.83. The van der Waals surface area contributed by atoms with Crippen molar-refractivity contribution in [2.24, 2.45) is 0 Å². The highest BCUT2D eigenvalue weighted by Crippen LogP contribution is 2.23. The van der Waals surface area contributed by atoms with Crippen molar-refractivity contribution in [2.75, 3.05) is 6.61 Å². The average molecular weight is 291 g/mol. The van der Waals surface area contributed by atoms with Crippen molar-refractivity contribution in [3.05, 3.63) is 45.9 Å². The predicted octanol–water partition coefficient (Wildman–Crippen LogP) is 3.55. The van der Waals surface area contributed by atoms with Crippen molar-refractivity contribution in [3.63, 3.8) is 0 Å². The first-order valence-electron chi connectivity index (χ1n) is 6.88. The Labute approximate surface area is 124 Å². The van der Waals surface area contributed by atoms with Crippen LogP contribution in [0.25, 0.3) is 0 Å². The maximum Gasteiger partial charge on any atom is 0.122 e. The van der Waals surface area contributed by atoms with Crippen LogP contribution in [0.5, 0.6) is 5.75 Å². The van der Waals surface area contributed by atoms with Gasteiger partial charge in [0, 0.05) is 11.8 Å². The number of hydrogen-bond acceptors (Lipinski definition) is 4. The molecule has 20 heavy (non-hydrogen) atoms. The minimum absolute atomic E-state index is 0.607. The fraction of sp³-hybridized carbons (Fsp3) is 0.438. The molecule has 0 saturated carbocycles. The second kappa shape index (κ2) is 6.37. The second-order valence-corrected chi connectivity index (χ2v) is 6.19. The van der Waals surface area contributed by atoms with E-state index in [1.54, 1.807) is 25.2 Å². The van der Waals surface area contributed by atoms with Crippen molar-refractivity contribution in [1.29, 1.82) is 0 Å². The molecule has 0 atom stereocenters. The Kier molecular flexibility index (Phi) is 4.78. The molecule has 0 aliphatic heterocycles. The summed E-state index contributed by atoms with van der Waals surface area (Å²) in [7, 11) is 0. The van der Waals surface area contributed by atoms with Crippen LogP contribution in [0.1, 0.15) is 37.0 Å². The zero-order valence-corrected chi connectivity index (χ0v) is 13.0. The summed E-state index contributed by atoms with van der Waals surface area (Å²) in [4.78, 5) is 4.44. The summed E-state index contributed by atoms with van der Waals surface area (Å²) in [5.74, 6) is 0.953. The highest BCUT2D eigenvalue weighted by atomic mass is 32.1. The van der Waals surface area contributed by atoms with Crippen LogP contribution in [-0.4, -0.2) is 16.7 Å². The lowest BCUT2D eigenvalue weighted by atomic mass is 10.1. The lowest BCUT2D eigenvalue weighted by Gasteiger charge is -2.13. The molecule has 0 saturated heterocycles. The average Bonchev–Trinajstić information content (AvgIpc) is 2.88. The Hall–Kier alpha value is -1.39. The number of aromatic nitrogens is 1. The number of ether oxygens (including phenoxy) is 1. The number of thiazole rings is 1. The van der Waals surface area contributed by atoms with Crippen LogP contribution in [-0.2, 0) is 18.4 Å². The van der Waals surface area contributed by atoms with E-state index in [0.717, 1.165) is 29.3 Å². The smallest absolute Gasteiger partial charge is 0.122 e. The van der Waals surface area contributed by atoms with Crippen molar-refractivity contribution in [1.82, 2.24) is 4.98 Å². The van der Waals surface area contributed by atoms with Crippen LogP contribution in [0, 0.1) is 0 Å². The standard InChI is InChI=1S/C16H21NO2S/c1-4-12-7-5-6-8-13(12)19-10-9-15-17-14(11-20-15)16(2,3)18/h5-8,11,18H,4,9-10H2,1-3H3. The van der Waals surface area contributed by atoms with E-state index in [-0.39, 0.29) is 0 Å². The third-order valence-corrected chi connectivity index (χ3v) is 4.01. The van der Waals surface area contributed by atoms with E-state index in [4.69, 9.17) is 4.74 Å². The van der Waals surface area contributed by atoms with Crippen LogP contribution in [0.15, 0.2) is 29.6 Å². The van der Waals surface area contributed by atoms with Crippen LogP contribution in [0.3, 0.4) is 0 Å². The number of nitrogens with zero attached hydrogens (tertiary/aromatic N) is 1. The van der Waals surface area contributed by atoms with Gasteiger partial charge in [-0.1, -0.05) is 25.1 Å². The zero-order valence-electron chi connectivity index (χ0n) is 12.2. The maximum absolute atomic E-state index is 9.89. The fourth-order valence-electron chi connectivity index (χ4n) is 1.89. The summed E-state index contributed by atoms with van der Waals surface area (Å²) < 4.78 is 5.83. The van der Waals surface area contributed by atoms with Gasteiger partial charge in [-0.25, -0.2) is 4.98 Å². The molecule has 1 aromatic carbocycles. The predicted molar refractivity (Wildman–Crippen MR) is 82.4 cm³/mol. The Balaban J connectivity index is 1.91. The van der Waals surface area contributed by atoms with Crippen molar-refractivity contribution < 1.29 is 9.84 Å². The summed E-state index contributed by atoms with van der Waals surface area (Å²) in [6, 6.07) is 8.11. The molecule has 1 N–H and O–H groups in total. The van der Waals surface area contributed by atoms with Gasteiger partial charge in [0.1, 0.15) is 11.4 Å². The molecular formula is C16H21NO2S. The molecular weight excluding hydrogens is 270 g/mol. The van der Waals surface area contributed by atoms with Crippen molar-refractivity contribution >= 4 is 11.3 Å². The summed E-state index contributed by atoms with van der Waals surface area (Å²) >= 11 is 1.57. The first-order valence-corrected chi connectivity index (χ1v) is 7.76. The minimum Gasteiger partial charge on any atom is -0.493 e. The van der Waals surface area contributed by atoms with Crippen molar-refractivity contribution in [2.45, 2.75) is 39.2 Å².